The third-order valence-corrected chi connectivity index (χ3v) is 7.91. The molecular weight excluding hydrogens is 525 g/mol. The molecule has 1 saturated heterocycles. The van der Waals surface area contributed by atoms with E-state index in [0.717, 1.165) is 19.3 Å². The number of carbonyl (C=O) groups is 1. The van der Waals surface area contributed by atoms with Crippen molar-refractivity contribution in [3.63, 3.8) is 0 Å². The second kappa shape index (κ2) is 10.6. The summed E-state index contributed by atoms with van der Waals surface area (Å²) >= 11 is 19.0. The van der Waals surface area contributed by atoms with Gasteiger partial charge in [-0.15, -0.1) is 0 Å². The number of ether oxygens (including phenoxy) is 1. The van der Waals surface area contributed by atoms with Gasteiger partial charge in [-0.2, -0.15) is 4.98 Å². The molecule has 1 unspecified atom stereocenters. The molecule has 2 atom stereocenters. The van der Waals surface area contributed by atoms with Crippen LogP contribution in [0.5, 0.6) is 0 Å². The fourth-order valence-electron chi connectivity index (χ4n) is 5.05. The van der Waals surface area contributed by atoms with Gasteiger partial charge in [0.1, 0.15) is 5.52 Å². The Balaban J connectivity index is 1.53. The number of imidazole rings is 1. The summed E-state index contributed by atoms with van der Waals surface area (Å²) in [5.74, 6) is 1.07. The summed E-state index contributed by atoms with van der Waals surface area (Å²) in [5.41, 5.74) is 7.41. The summed E-state index contributed by atoms with van der Waals surface area (Å²) < 4.78 is 7.63. The maximum Gasteiger partial charge on any atom is 0.224 e. The van der Waals surface area contributed by atoms with E-state index in [0.29, 0.717) is 75.8 Å². The minimum absolute atomic E-state index is 0.0581. The van der Waals surface area contributed by atoms with Gasteiger partial charge in [0.25, 0.3) is 0 Å². The van der Waals surface area contributed by atoms with Crippen molar-refractivity contribution in [2.45, 2.75) is 51.1 Å². The van der Waals surface area contributed by atoms with Crippen molar-refractivity contribution in [2.75, 3.05) is 23.8 Å². The van der Waals surface area contributed by atoms with Crippen LogP contribution in [0.25, 0.3) is 11.2 Å². The zero-order chi connectivity index (χ0) is 25.4. The van der Waals surface area contributed by atoms with Crippen molar-refractivity contribution < 1.29 is 9.53 Å². The molecule has 1 aliphatic carbocycles. The Bertz CT molecular complexity index is 1250. The number of carbonyl (C=O) groups excluding carboxylic acids is 1. The lowest BCUT2D eigenvalue weighted by atomic mass is 9.85. The van der Waals surface area contributed by atoms with Gasteiger partial charge in [0.2, 0.25) is 17.8 Å². The lowest BCUT2D eigenvalue weighted by Crippen LogP contribution is -2.36. The van der Waals surface area contributed by atoms with Crippen LogP contribution in [-0.2, 0) is 9.53 Å². The molecule has 2 aromatic heterocycles. The van der Waals surface area contributed by atoms with Gasteiger partial charge >= 0.3 is 0 Å². The van der Waals surface area contributed by atoms with Crippen LogP contribution in [0.2, 0.25) is 15.1 Å². The first-order valence-corrected chi connectivity index (χ1v) is 13.2. The highest BCUT2D eigenvalue weighted by Gasteiger charge is 2.30. The van der Waals surface area contributed by atoms with Crippen LogP contribution in [-0.4, -0.2) is 44.7 Å². The van der Waals surface area contributed by atoms with Crippen molar-refractivity contribution >= 4 is 69.5 Å². The van der Waals surface area contributed by atoms with Gasteiger partial charge in [-0.1, -0.05) is 41.7 Å². The number of nitrogens with two attached hydrogens (primary N) is 1. The molecule has 192 valence electrons. The van der Waals surface area contributed by atoms with E-state index in [-0.39, 0.29) is 23.9 Å². The standard InChI is InChI=1S/C24H28Cl3N7O2/c1-12-11-36-7-6-18(12)30-23-29-10-19-22(33-23)34(15-4-2-13(3-5-15)21(28)35)24(31-19)32-20-16(26)8-14(25)9-17(20)27/h8-10,12-13,15,18H,2-7,11H2,1H3,(H2,28,35)(H,31,32)(H,29,30,33)/t12-,13?,15?,18?/m1/s1. The van der Waals surface area contributed by atoms with Crippen LogP contribution in [0, 0.1) is 11.8 Å². The molecule has 36 heavy (non-hydrogen) atoms. The summed E-state index contributed by atoms with van der Waals surface area (Å²) in [5, 5.41) is 7.98. The van der Waals surface area contributed by atoms with E-state index in [2.05, 4.69) is 27.1 Å². The third kappa shape index (κ3) is 5.20. The van der Waals surface area contributed by atoms with Crippen LogP contribution < -0.4 is 16.4 Å². The maximum atomic E-state index is 11.7. The monoisotopic (exact) mass is 551 g/mol. The van der Waals surface area contributed by atoms with Crippen LogP contribution in [0.1, 0.15) is 45.1 Å². The van der Waals surface area contributed by atoms with Crippen molar-refractivity contribution in [3.05, 3.63) is 33.4 Å². The van der Waals surface area contributed by atoms with Crippen molar-refractivity contribution in [2.24, 2.45) is 17.6 Å². The van der Waals surface area contributed by atoms with E-state index in [1.165, 1.54) is 0 Å². The molecule has 1 aromatic carbocycles. The molecule has 4 N–H and O–H groups in total. The number of rotatable bonds is 6. The number of primary amides is 1. The number of nitrogens with one attached hydrogen (secondary N) is 2. The Kier molecular flexibility index (Phi) is 7.44. The number of halogens is 3. The summed E-state index contributed by atoms with van der Waals surface area (Å²) in [6.07, 6.45) is 5.55. The molecule has 1 aliphatic heterocycles. The molecule has 5 rings (SSSR count). The summed E-state index contributed by atoms with van der Waals surface area (Å²) in [6, 6.07) is 3.53. The summed E-state index contributed by atoms with van der Waals surface area (Å²) in [6.45, 7) is 3.57. The number of anilines is 3. The smallest absolute Gasteiger partial charge is 0.224 e. The van der Waals surface area contributed by atoms with Crippen LogP contribution in [0.4, 0.5) is 17.6 Å². The van der Waals surface area contributed by atoms with Gasteiger partial charge in [0, 0.05) is 29.6 Å². The topological polar surface area (TPSA) is 120 Å². The van der Waals surface area contributed by atoms with E-state index in [9.17, 15) is 4.79 Å². The molecular formula is C24H28Cl3N7O2. The lowest BCUT2D eigenvalue weighted by Gasteiger charge is -2.30. The largest absolute Gasteiger partial charge is 0.381 e. The fraction of sp³-hybridized carbons (Fsp3) is 0.500. The van der Waals surface area contributed by atoms with Gasteiger partial charge < -0.3 is 21.1 Å². The molecule has 9 nitrogen and oxygen atoms in total. The molecule has 1 amide bonds. The van der Waals surface area contributed by atoms with Gasteiger partial charge in [0.05, 0.1) is 28.5 Å². The molecule has 0 radical (unpaired) electrons. The highest BCUT2D eigenvalue weighted by atomic mass is 35.5. The van der Waals surface area contributed by atoms with Crippen molar-refractivity contribution in [1.29, 1.82) is 0 Å². The normalized spacial score (nSPS) is 24.6. The first-order chi connectivity index (χ1) is 17.3. The predicted octanol–water partition coefficient (Wildman–Crippen LogP) is 5.58. The zero-order valence-electron chi connectivity index (χ0n) is 19.8. The molecule has 3 heterocycles. The van der Waals surface area contributed by atoms with Crippen LogP contribution in [0.3, 0.4) is 0 Å². The number of benzene rings is 1. The fourth-order valence-corrected chi connectivity index (χ4v) is 5.96. The van der Waals surface area contributed by atoms with Crippen LogP contribution >= 0.6 is 34.8 Å². The molecule has 0 spiro atoms. The van der Waals surface area contributed by atoms with Gasteiger partial charge in [-0.05, 0) is 50.2 Å². The van der Waals surface area contributed by atoms with Gasteiger partial charge in [0.15, 0.2) is 5.65 Å². The molecule has 1 saturated carbocycles. The van der Waals surface area contributed by atoms with Crippen LogP contribution in [0.15, 0.2) is 18.3 Å². The van der Waals surface area contributed by atoms with Crippen molar-refractivity contribution in [3.8, 4) is 0 Å². The summed E-state index contributed by atoms with van der Waals surface area (Å²) in [7, 11) is 0. The number of aromatic nitrogens is 4. The number of nitrogens with zero attached hydrogens (tertiary/aromatic N) is 4. The van der Waals surface area contributed by atoms with E-state index in [1.54, 1.807) is 18.3 Å². The first-order valence-electron chi connectivity index (χ1n) is 12.1. The molecule has 0 bridgehead atoms. The second-order valence-electron chi connectivity index (χ2n) is 9.58. The Labute approximate surface area is 224 Å². The quantitative estimate of drug-likeness (QED) is 0.365. The van der Waals surface area contributed by atoms with Gasteiger partial charge in [-0.3, -0.25) is 9.36 Å². The van der Waals surface area contributed by atoms with E-state index in [4.69, 9.17) is 55.2 Å². The van der Waals surface area contributed by atoms with E-state index >= 15 is 0 Å². The maximum absolute atomic E-state index is 11.7. The number of fused-ring (bicyclic) bond motifs is 1. The second-order valence-corrected chi connectivity index (χ2v) is 10.8. The minimum atomic E-state index is -0.249. The first kappa shape index (κ1) is 25.3. The Hall–Kier alpha value is -2.33. The average molecular weight is 553 g/mol. The number of hydrogen-bond acceptors (Lipinski definition) is 7. The minimum Gasteiger partial charge on any atom is -0.381 e. The Morgan fingerprint density at radius 2 is 1.83 bits per heavy atom. The number of hydrogen-bond donors (Lipinski definition) is 3. The highest BCUT2D eigenvalue weighted by molar-refractivity contribution is 6.41. The average Bonchev–Trinajstić information content (AvgIpc) is 3.20. The Morgan fingerprint density at radius 1 is 1.11 bits per heavy atom. The highest BCUT2D eigenvalue weighted by Crippen LogP contribution is 2.40. The Morgan fingerprint density at radius 3 is 2.50 bits per heavy atom. The third-order valence-electron chi connectivity index (χ3n) is 7.10. The van der Waals surface area contributed by atoms with E-state index < -0.39 is 0 Å². The SMILES string of the molecule is C[C@@H]1COCCC1Nc1ncc2nc(Nc3c(Cl)cc(Cl)cc3Cl)n(C3CCC(C(N)=O)CC3)c2n1. The van der Waals surface area contributed by atoms with Gasteiger partial charge in [-0.25, -0.2) is 9.97 Å². The predicted molar refractivity (Wildman–Crippen MR) is 142 cm³/mol. The molecule has 2 fully saturated rings. The molecule has 3 aromatic rings. The zero-order valence-corrected chi connectivity index (χ0v) is 22.1. The number of amides is 1. The molecule has 2 aliphatic rings. The lowest BCUT2D eigenvalue weighted by molar-refractivity contribution is -0.122. The molecule has 12 heteroatoms. The van der Waals surface area contributed by atoms with Crippen molar-refractivity contribution in [1.82, 2.24) is 19.5 Å². The van der Waals surface area contributed by atoms with E-state index in [1.807, 2.05) is 0 Å². The summed E-state index contributed by atoms with van der Waals surface area (Å²) in [4.78, 5) is 25.9.